The third-order valence-corrected chi connectivity index (χ3v) is 4.00. The van der Waals surface area contributed by atoms with Gasteiger partial charge < -0.3 is 5.32 Å². The van der Waals surface area contributed by atoms with Crippen LogP contribution in [0.1, 0.15) is 25.5 Å². The van der Waals surface area contributed by atoms with Crippen molar-refractivity contribution in [2.75, 3.05) is 18.8 Å². The van der Waals surface area contributed by atoms with Crippen LogP contribution in [-0.4, -0.2) is 37.0 Å². The zero-order chi connectivity index (χ0) is 13.4. The van der Waals surface area contributed by atoms with Gasteiger partial charge in [0, 0.05) is 13.2 Å². The van der Waals surface area contributed by atoms with E-state index in [2.05, 4.69) is 22.1 Å². The predicted octanol–water partition coefficient (Wildman–Crippen LogP) is 0.229. The van der Waals surface area contributed by atoms with Crippen LogP contribution in [-0.2, 0) is 23.6 Å². The molecule has 1 rings (SSSR count). The van der Waals surface area contributed by atoms with Gasteiger partial charge in [-0.3, -0.25) is 4.68 Å². The molecule has 2 N–H and O–H groups in total. The van der Waals surface area contributed by atoms with Crippen molar-refractivity contribution in [1.82, 2.24) is 19.8 Å². The Morgan fingerprint density at radius 3 is 2.78 bits per heavy atom. The van der Waals surface area contributed by atoms with Gasteiger partial charge in [-0.05, 0) is 32.0 Å². The van der Waals surface area contributed by atoms with Gasteiger partial charge >= 0.3 is 0 Å². The molecule has 104 valence electrons. The molecule has 18 heavy (non-hydrogen) atoms. The number of sulfonamides is 1. The van der Waals surface area contributed by atoms with Crippen LogP contribution in [0.3, 0.4) is 0 Å². The Hall–Kier alpha value is -0.920. The molecule has 0 unspecified atom stereocenters. The molecular weight excluding hydrogens is 252 g/mol. The molecule has 1 heterocycles. The molecule has 0 bridgehead atoms. The van der Waals surface area contributed by atoms with E-state index in [1.54, 1.807) is 24.0 Å². The van der Waals surface area contributed by atoms with Crippen LogP contribution >= 0.6 is 0 Å². The maximum absolute atomic E-state index is 11.7. The fourth-order valence-electron chi connectivity index (χ4n) is 1.52. The fourth-order valence-corrected chi connectivity index (χ4v) is 2.56. The zero-order valence-corrected chi connectivity index (χ0v) is 11.8. The van der Waals surface area contributed by atoms with E-state index < -0.39 is 10.0 Å². The van der Waals surface area contributed by atoms with Crippen LogP contribution in [0.15, 0.2) is 12.3 Å². The summed E-state index contributed by atoms with van der Waals surface area (Å²) >= 11 is 0. The average molecular weight is 274 g/mol. The van der Waals surface area contributed by atoms with Crippen molar-refractivity contribution in [3.8, 4) is 0 Å². The molecule has 0 fully saturated rings. The van der Waals surface area contributed by atoms with E-state index in [0.717, 1.165) is 25.2 Å². The highest BCUT2D eigenvalue weighted by atomic mass is 32.2. The van der Waals surface area contributed by atoms with Crippen molar-refractivity contribution in [2.24, 2.45) is 7.05 Å². The molecule has 1 aromatic heterocycles. The second kappa shape index (κ2) is 7.50. The molecule has 1 aromatic rings. The van der Waals surface area contributed by atoms with Gasteiger partial charge in [0.25, 0.3) is 0 Å². The smallest absolute Gasteiger partial charge is 0.211 e. The highest BCUT2D eigenvalue weighted by Crippen LogP contribution is 1.97. The number of aromatic nitrogens is 2. The summed E-state index contributed by atoms with van der Waals surface area (Å²) in [4.78, 5) is 0. The minimum Gasteiger partial charge on any atom is -0.317 e. The summed E-state index contributed by atoms with van der Waals surface area (Å²) in [6.45, 7) is 4.05. The predicted molar refractivity (Wildman–Crippen MR) is 71.6 cm³/mol. The van der Waals surface area contributed by atoms with Crippen LogP contribution in [0.2, 0.25) is 0 Å². The number of nitrogens with zero attached hydrogens (tertiary/aromatic N) is 2. The topological polar surface area (TPSA) is 76.0 Å². The van der Waals surface area contributed by atoms with E-state index in [4.69, 9.17) is 0 Å². The molecule has 0 aliphatic carbocycles. The second-order valence-corrected chi connectivity index (χ2v) is 6.12. The minimum absolute atomic E-state index is 0.154. The largest absolute Gasteiger partial charge is 0.317 e. The standard InChI is InChI=1S/C11H22N4O2S/c1-3-6-12-7-4-9-18(16,17)14-10-11-5-8-13-15(11)2/h5,8,12,14H,3-4,6-7,9-10H2,1-2H3. The van der Waals surface area contributed by atoms with E-state index in [1.165, 1.54) is 0 Å². The van der Waals surface area contributed by atoms with Crippen molar-refractivity contribution < 1.29 is 8.42 Å². The number of rotatable bonds is 9. The molecule has 6 nitrogen and oxygen atoms in total. The van der Waals surface area contributed by atoms with Gasteiger partial charge in [-0.2, -0.15) is 5.10 Å². The second-order valence-electron chi connectivity index (χ2n) is 4.19. The summed E-state index contributed by atoms with van der Waals surface area (Å²) in [5.74, 6) is 0.154. The zero-order valence-electron chi connectivity index (χ0n) is 11.0. The SMILES string of the molecule is CCCNCCCS(=O)(=O)NCc1ccnn1C. The first-order chi connectivity index (χ1) is 8.55. The summed E-state index contributed by atoms with van der Waals surface area (Å²) in [7, 11) is -1.40. The summed E-state index contributed by atoms with van der Waals surface area (Å²) in [5, 5.41) is 7.17. The van der Waals surface area contributed by atoms with E-state index in [-0.39, 0.29) is 5.75 Å². The summed E-state index contributed by atoms with van der Waals surface area (Å²) in [5.41, 5.74) is 0.850. The Balaban J connectivity index is 2.25. The first-order valence-electron chi connectivity index (χ1n) is 6.20. The third kappa shape index (κ3) is 5.61. The first kappa shape index (κ1) is 15.1. The van der Waals surface area contributed by atoms with Crippen LogP contribution in [0.5, 0.6) is 0 Å². The Labute approximate surface area is 109 Å². The summed E-state index contributed by atoms with van der Waals surface area (Å²) < 4.78 is 27.6. The highest BCUT2D eigenvalue weighted by Gasteiger charge is 2.10. The lowest BCUT2D eigenvalue weighted by molar-refractivity contribution is 0.570. The highest BCUT2D eigenvalue weighted by molar-refractivity contribution is 7.89. The van der Waals surface area contributed by atoms with Crippen molar-refractivity contribution in [3.63, 3.8) is 0 Å². The van der Waals surface area contributed by atoms with Gasteiger partial charge in [-0.15, -0.1) is 0 Å². The lowest BCUT2D eigenvalue weighted by Gasteiger charge is -2.07. The lowest BCUT2D eigenvalue weighted by Crippen LogP contribution is -2.28. The summed E-state index contributed by atoms with van der Waals surface area (Å²) in [6, 6.07) is 1.80. The lowest BCUT2D eigenvalue weighted by atomic mass is 10.4. The number of hydrogen-bond acceptors (Lipinski definition) is 4. The molecule has 7 heteroatoms. The van der Waals surface area contributed by atoms with Crippen molar-refractivity contribution in [2.45, 2.75) is 26.3 Å². The molecule has 0 saturated heterocycles. The van der Waals surface area contributed by atoms with Crippen LogP contribution in [0.25, 0.3) is 0 Å². The van der Waals surface area contributed by atoms with Gasteiger partial charge in [-0.25, -0.2) is 13.1 Å². The Morgan fingerprint density at radius 2 is 2.17 bits per heavy atom. The minimum atomic E-state index is -3.19. The quantitative estimate of drug-likeness (QED) is 0.632. The normalized spacial score (nSPS) is 11.9. The van der Waals surface area contributed by atoms with Crippen molar-refractivity contribution in [3.05, 3.63) is 18.0 Å². The van der Waals surface area contributed by atoms with E-state index in [1.807, 2.05) is 0 Å². The van der Waals surface area contributed by atoms with Gasteiger partial charge in [-0.1, -0.05) is 6.92 Å². The number of aryl methyl sites for hydroxylation is 1. The van der Waals surface area contributed by atoms with Gasteiger partial charge in [0.2, 0.25) is 10.0 Å². The van der Waals surface area contributed by atoms with Crippen LogP contribution in [0.4, 0.5) is 0 Å². The van der Waals surface area contributed by atoms with E-state index in [9.17, 15) is 8.42 Å². The van der Waals surface area contributed by atoms with Crippen molar-refractivity contribution in [1.29, 1.82) is 0 Å². The van der Waals surface area contributed by atoms with Crippen LogP contribution < -0.4 is 10.0 Å². The monoisotopic (exact) mass is 274 g/mol. The number of nitrogens with one attached hydrogen (secondary N) is 2. The first-order valence-corrected chi connectivity index (χ1v) is 7.85. The van der Waals surface area contributed by atoms with Crippen molar-refractivity contribution >= 4 is 10.0 Å². The van der Waals surface area contributed by atoms with E-state index in [0.29, 0.717) is 13.0 Å². The molecular formula is C11H22N4O2S. The molecule has 0 aliphatic rings. The number of hydrogen-bond donors (Lipinski definition) is 2. The fraction of sp³-hybridized carbons (Fsp3) is 0.727. The maximum atomic E-state index is 11.7. The van der Waals surface area contributed by atoms with Gasteiger partial charge in [0.05, 0.1) is 18.0 Å². The Morgan fingerprint density at radius 1 is 1.39 bits per heavy atom. The van der Waals surface area contributed by atoms with E-state index >= 15 is 0 Å². The Bertz CT molecular complexity index is 442. The third-order valence-electron chi connectivity index (χ3n) is 2.59. The maximum Gasteiger partial charge on any atom is 0.211 e. The molecule has 0 saturated carbocycles. The van der Waals surface area contributed by atoms with Crippen LogP contribution in [0, 0.1) is 0 Å². The molecule has 0 amide bonds. The molecule has 0 aliphatic heterocycles. The van der Waals surface area contributed by atoms with Gasteiger partial charge in [0.15, 0.2) is 0 Å². The Kier molecular flexibility index (Phi) is 6.31. The molecule has 0 atom stereocenters. The molecule has 0 spiro atoms. The average Bonchev–Trinajstić information content (AvgIpc) is 2.72. The van der Waals surface area contributed by atoms with Gasteiger partial charge in [0.1, 0.15) is 0 Å². The molecule has 0 aromatic carbocycles. The summed E-state index contributed by atoms with van der Waals surface area (Å²) in [6.07, 6.45) is 3.34. The molecule has 0 radical (unpaired) electrons.